The standard InChI is InChI=1S/C24H28F3N7O4/c1-32-5-7-33(8-6-32)21(35)14-30-22-23(36)34(9-10-38-15-24(25,26)27)19-11-17(28-13-18(19)31-22)16-3-4-20(37-2)29-12-16/h3-4,11-13H,5-10,14-15H2,1-2H3,(H,30,31). The number of hydrogen-bond acceptors (Lipinski definition) is 9. The highest BCUT2D eigenvalue weighted by atomic mass is 19.4. The molecule has 1 aliphatic rings. The molecule has 3 aromatic heterocycles. The largest absolute Gasteiger partial charge is 0.481 e. The normalized spacial score (nSPS) is 14.6. The minimum atomic E-state index is -4.49. The van der Waals surface area contributed by atoms with Crippen LogP contribution in [0.25, 0.3) is 22.3 Å². The monoisotopic (exact) mass is 535 g/mol. The van der Waals surface area contributed by atoms with Crippen molar-refractivity contribution in [1.29, 1.82) is 0 Å². The van der Waals surface area contributed by atoms with Crippen molar-refractivity contribution in [3.05, 3.63) is 40.9 Å². The maximum Gasteiger partial charge on any atom is 0.411 e. The van der Waals surface area contributed by atoms with Gasteiger partial charge in [0.25, 0.3) is 5.56 Å². The Hall–Kier alpha value is -3.78. The van der Waals surface area contributed by atoms with Gasteiger partial charge < -0.3 is 29.2 Å². The summed E-state index contributed by atoms with van der Waals surface area (Å²) in [6.07, 6.45) is -1.48. The van der Waals surface area contributed by atoms with E-state index in [0.29, 0.717) is 41.3 Å². The number of aromatic nitrogens is 4. The fourth-order valence-electron chi connectivity index (χ4n) is 3.96. The van der Waals surface area contributed by atoms with Crippen LogP contribution < -0.4 is 15.6 Å². The van der Waals surface area contributed by atoms with Gasteiger partial charge in [0, 0.05) is 50.6 Å². The average molecular weight is 536 g/mol. The van der Waals surface area contributed by atoms with Gasteiger partial charge in [0.15, 0.2) is 5.82 Å². The van der Waals surface area contributed by atoms with Gasteiger partial charge in [-0.3, -0.25) is 14.6 Å². The maximum atomic E-state index is 13.3. The summed E-state index contributed by atoms with van der Waals surface area (Å²) in [6, 6.07) is 5.00. The van der Waals surface area contributed by atoms with E-state index in [9.17, 15) is 22.8 Å². The lowest BCUT2D eigenvalue weighted by Gasteiger charge is -2.32. The van der Waals surface area contributed by atoms with Crippen molar-refractivity contribution in [2.75, 3.05) is 65.4 Å². The number of hydrogen-bond donors (Lipinski definition) is 1. The van der Waals surface area contributed by atoms with Gasteiger partial charge in [0.1, 0.15) is 12.1 Å². The van der Waals surface area contributed by atoms with Crippen molar-refractivity contribution < 1.29 is 27.4 Å². The summed E-state index contributed by atoms with van der Waals surface area (Å²) >= 11 is 0. The summed E-state index contributed by atoms with van der Waals surface area (Å²) in [7, 11) is 3.47. The predicted molar refractivity (Wildman–Crippen MR) is 133 cm³/mol. The molecule has 4 heterocycles. The second kappa shape index (κ2) is 11.7. The molecule has 0 unspecified atom stereocenters. The van der Waals surface area contributed by atoms with Crippen LogP contribution in [0.5, 0.6) is 5.88 Å². The zero-order chi connectivity index (χ0) is 27.3. The number of methoxy groups -OCH3 is 1. The Morgan fingerprint density at radius 2 is 1.89 bits per heavy atom. The molecule has 0 atom stereocenters. The van der Waals surface area contributed by atoms with E-state index < -0.39 is 18.3 Å². The van der Waals surface area contributed by atoms with Crippen LogP contribution >= 0.6 is 0 Å². The number of pyridine rings is 2. The van der Waals surface area contributed by atoms with Crippen LogP contribution in [0.15, 0.2) is 35.4 Å². The number of nitrogens with zero attached hydrogens (tertiary/aromatic N) is 6. The van der Waals surface area contributed by atoms with E-state index in [1.54, 1.807) is 29.3 Å². The first-order valence-corrected chi connectivity index (χ1v) is 11.9. The average Bonchev–Trinajstić information content (AvgIpc) is 2.90. The molecule has 204 valence electrons. The number of rotatable bonds is 9. The fourth-order valence-corrected chi connectivity index (χ4v) is 3.96. The third kappa shape index (κ3) is 6.75. The van der Waals surface area contributed by atoms with Gasteiger partial charge in [-0.2, -0.15) is 13.2 Å². The number of fused-ring (bicyclic) bond motifs is 1. The number of carbonyl (C=O) groups excluding carboxylic acids is 1. The molecule has 1 fully saturated rings. The second-order valence-corrected chi connectivity index (χ2v) is 8.77. The number of piperazine rings is 1. The number of carbonyl (C=O) groups is 1. The molecule has 38 heavy (non-hydrogen) atoms. The molecule has 0 radical (unpaired) electrons. The summed E-state index contributed by atoms with van der Waals surface area (Å²) in [5, 5.41) is 2.81. The predicted octanol–water partition coefficient (Wildman–Crippen LogP) is 1.63. The van der Waals surface area contributed by atoms with Crippen LogP contribution in [-0.4, -0.2) is 101 Å². The molecule has 0 saturated carbocycles. The van der Waals surface area contributed by atoms with Crippen molar-refractivity contribution in [3.63, 3.8) is 0 Å². The molecular weight excluding hydrogens is 507 g/mol. The number of likely N-dealkylation sites (N-methyl/N-ethyl adjacent to an activating group) is 1. The summed E-state index contributed by atoms with van der Waals surface area (Å²) in [6.45, 7) is 0.556. The number of ether oxygens (including phenoxy) is 2. The Labute approximate surface area is 216 Å². The van der Waals surface area contributed by atoms with Crippen LogP contribution in [0, 0.1) is 0 Å². The minimum Gasteiger partial charge on any atom is -0.481 e. The van der Waals surface area contributed by atoms with Crippen LogP contribution in [0.3, 0.4) is 0 Å². The summed E-state index contributed by atoms with van der Waals surface area (Å²) in [5.41, 5.74) is 1.19. The van der Waals surface area contributed by atoms with Gasteiger partial charge in [-0.25, -0.2) is 9.97 Å². The molecule has 3 aromatic rings. The fraction of sp³-hybridized carbons (Fsp3) is 0.458. The summed E-state index contributed by atoms with van der Waals surface area (Å²) < 4.78 is 48.7. The topological polar surface area (TPSA) is 115 Å². The quantitative estimate of drug-likeness (QED) is 0.408. The Morgan fingerprint density at radius 3 is 2.55 bits per heavy atom. The van der Waals surface area contributed by atoms with Crippen LogP contribution in [0.4, 0.5) is 19.0 Å². The molecule has 0 spiro atoms. The third-order valence-electron chi connectivity index (χ3n) is 6.06. The Kier molecular flexibility index (Phi) is 8.42. The van der Waals surface area contributed by atoms with Crippen molar-refractivity contribution in [2.45, 2.75) is 12.7 Å². The SMILES string of the molecule is COc1ccc(-c2cc3c(cn2)nc(NCC(=O)N2CCN(C)CC2)c(=O)n3CCOCC(F)(F)F)cn1. The van der Waals surface area contributed by atoms with E-state index in [4.69, 9.17) is 9.47 Å². The Balaban J connectivity index is 1.61. The first kappa shape index (κ1) is 27.3. The lowest BCUT2D eigenvalue weighted by molar-refractivity contribution is -0.174. The summed E-state index contributed by atoms with van der Waals surface area (Å²) in [4.78, 5) is 42.7. The second-order valence-electron chi connectivity index (χ2n) is 8.77. The smallest absolute Gasteiger partial charge is 0.411 e. The molecule has 0 aromatic carbocycles. The lowest BCUT2D eigenvalue weighted by Crippen LogP contribution is -2.49. The number of nitrogens with one attached hydrogen (secondary N) is 1. The van der Waals surface area contributed by atoms with Crippen molar-refractivity contribution in [2.24, 2.45) is 0 Å². The van der Waals surface area contributed by atoms with E-state index in [1.807, 2.05) is 7.05 Å². The van der Waals surface area contributed by atoms with E-state index in [0.717, 1.165) is 13.1 Å². The minimum absolute atomic E-state index is 0.100. The molecule has 1 saturated heterocycles. The van der Waals surface area contributed by atoms with Crippen LogP contribution in [0.1, 0.15) is 0 Å². The number of anilines is 1. The van der Waals surface area contributed by atoms with Gasteiger partial charge in [-0.1, -0.05) is 0 Å². The van der Waals surface area contributed by atoms with E-state index >= 15 is 0 Å². The van der Waals surface area contributed by atoms with Gasteiger partial charge in [-0.15, -0.1) is 0 Å². The first-order valence-electron chi connectivity index (χ1n) is 11.9. The van der Waals surface area contributed by atoms with Gasteiger partial charge in [0.05, 0.1) is 37.7 Å². The zero-order valence-corrected chi connectivity index (χ0v) is 21.0. The highest BCUT2D eigenvalue weighted by Gasteiger charge is 2.27. The highest BCUT2D eigenvalue weighted by Crippen LogP contribution is 2.22. The number of alkyl halides is 3. The van der Waals surface area contributed by atoms with Crippen molar-refractivity contribution in [3.8, 4) is 17.1 Å². The number of halogens is 3. The van der Waals surface area contributed by atoms with E-state index in [2.05, 4.69) is 25.2 Å². The van der Waals surface area contributed by atoms with Crippen molar-refractivity contribution in [1.82, 2.24) is 29.3 Å². The maximum absolute atomic E-state index is 13.3. The third-order valence-corrected chi connectivity index (χ3v) is 6.06. The molecule has 1 amide bonds. The lowest BCUT2D eigenvalue weighted by atomic mass is 10.2. The Morgan fingerprint density at radius 1 is 1.13 bits per heavy atom. The van der Waals surface area contributed by atoms with Gasteiger partial charge in [-0.05, 0) is 19.2 Å². The molecule has 1 aliphatic heterocycles. The molecule has 0 aliphatic carbocycles. The van der Waals surface area contributed by atoms with Gasteiger partial charge >= 0.3 is 6.18 Å². The van der Waals surface area contributed by atoms with Gasteiger partial charge in [0.2, 0.25) is 11.8 Å². The van der Waals surface area contributed by atoms with Crippen LogP contribution in [0.2, 0.25) is 0 Å². The Bertz CT molecular complexity index is 1320. The zero-order valence-electron chi connectivity index (χ0n) is 21.0. The molecule has 0 bridgehead atoms. The summed E-state index contributed by atoms with van der Waals surface area (Å²) in [5.74, 6) is 0.133. The van der Waals surface area contributed by atoms with E-state index in [1.165, 1.54) is 17.9 Å². The molecule has 4 rings (SSSR count). The molecule has 14 heteroatoms. The molecular formula is C24H28F3N7O4. The molecule has 1 N–H and O–H groups in total. The first-order chi connectivity index (χ1) is 18.1. The van der Waals surface area contributed by atoms with E-state index in [-0.39, 0.29) is 31.4 Å². The number of amides is 1. The van der Waals surface area contributed by atoms with Crippen molar-refractivity contribution >= 4 is 22.8 Å². The van der Waals surface area contributed by atoms with Crippen LogP contribution in [-0.2, 0) is 16.1 Å². The highest BCUT2D eigenvalue weighted by molar-refractivity contribution is 5.82. The molecule has 11 nitrogen and oxygen atoms in total.